The molecule has 86 valence electrons. The Kier molecular flexibility index (Phi) is 1.97. The molecule has 0 atom stereocenters. The van der Waals surface area contributed by atoms with Crippen LogP contribution in [0.3, 0.4) is 0 Å². The normalized spacial score (nSPS) is 10.9. The van der Waals surface area contributed by atoms with Crippen LogP contribution < -0.4 is 10.5 Å². The number of hydrogen-bond donors (Lipinski definition) is 2. The van der Waals surface area contributed by atoms with Crippen molar-refractivity contribution in [2.75, 3.05) is 12.8 Å². The van der Waals surface area contributed by atoms with Gasteiger partial charge in [-0.1, -0.05) is 12.1 Å². The fourth-order valence-electron chi connectivity index (χ4n) is 1.59. The molecule has 0 aliphatic rings. The Morgan fingerprint density at radius 2 is 2.12 bits per heavy atom. The van der Waals surface area contributed by atoms with Gasteiger partial charge in [0.15, 0.2) is 0 Å². The summed E-state index contributed by atoms with van der Waals surface area (Å²) in [5, 5.41) is 4.06. The van der Waals surface area contributed by atoms with E-state index in [1.807, 2.05) is 24.3 Å². The average Bonchev–Trinajstić information content (AvgIpc) is 2.91. The number of imidazole rings is 1. The lowest BCUT2D eigenvalue weighted by Crippen LogP contribution is -2.04. The molecule has 1 aromatic carbocycles. The van der Waals surface area contributed by atoms with Gasteiger partial charge in [0, 0.05) is 0 Å². The molecule has 0 aliphatic carbocycles. The summed E-state index contributed by atoms with van der Waals surface area (Å²) in [7, 11) is 1.48. The lowest BCUT2D eigenvalue weighted by Gasteiger charge is -1.94. The Labute approximate surface area is 96.2 Å². The molecule has 2 heterocycles. The monoisotopic (exact) mass is 230 g/mol. The fourth-order valence-corrected chi connectivity index (χ4v) is 1.59. The third kappa shape index (κ3) is 1.48. The number of hydrogen-bond acceptors (Lipinski definition) is 5. The maximum absolute atomic E-state index is 5.72. The highest BCUT2D eigenvalue weighted by molar-refractivity contribution is 5.76. The van der Waals surface area contributed by atoms with Crippen molar-refractivity contribution in [1.29, 1.82) is 0 Å². The number of ether oxygens (including phenoxy) is 1. The van der Waals surface area contributed by atoms with E-state index in [0.29, 0.717) is 5.95 Å². The summed E-state index contributed by atoms with van der Waals surface area (Å²) < 4.78 is 6.31. The predicted molar refractivity (Wildman–Crippen MR) is 62.0 cm³/mol. The zero-order chi connectivity index (χ0) is 11.8. The fraction of sp³-hybridized carbons (Fsp3) is 0.100. The molecule has 0 amide bonds. The molecule has 0 fully saturated rings. The van der Waals surface area contributed by atoms with Gasteiger partial charge in [0.05, 0.1) is 18.1 Å². The summed E-state index contributed by atoms with van der Waals surface area (Å²) in [6.07, 6.45) is 0. The number of anilines is 1. The summed E-state index contributed by atoms with van der Waals surface area (Å²) in [6, 6.07) is 7.88. The molecule has 0 saturated heterocycles. The third-order valence-electron chi connectivity index (χ3n) is 2.37. The number of nitrogens with two attached hydrogens (primary N) is 1. The Morgan fingerprint density at radius 1 is 1.29 bits per heavy atom. The second kappa shape index (κ2) is 3.48. The second-order valence-corrected chi connectivity index (χ2v) is 3.45. The van der Waals surface area contributed by atoms with Gasteiger partial charge in [-0.2, -0.15) is 9.67 Å². The number of benzene rings is 1. The van der Waals surface area contributed by atoms with Gasteiger partial charge in [-0.25, -0.2) is 4.98 Å². The molecule has 3 N–H and O–H groups in total. The predicted octanol–water partition coefficient (Wildman–Crippen LogP) is 0.734. The van der Waals surface area contributed by atoms with E-state index in [1.54, 1.807) is 0 Å². The number of aromatic nitrogens is 5. The zero-order valence-corrected chi connectivity index (χ0v) is 9.08. The van der Waals surface area contributed by atoms with Crippen molar-refractivity contribution < 1.29 is 4.74 Å². The molecule has 0 bridgehead atoms. The van der Waals surface area contributed by atoms with E-state index in [9.17, 15) is 0 Å². The van der Waals surface area contributed by atoms with Gasteiger partial charge in [0.2, 0.25) is 11.9 Å². The number of aromatic amines is 1. The number of nitrogens with zero attached hydrogens (tertiary/aromatic N) is 4. The average molecular weight is 230 g/mol. The van der Waals surface area contributed by atoms with Crippen LogP contribution in [0.5, 0.6) is 6.01 Å². The SMILES string of the molecule is COc1nc(N)n(-c2nc3ccccc3[nH]2)n1. The molecule has 0 radical (unpaired) electrons. The molecule has 7 nitrogen and oxygen atoms in total. The largest absolute Gasteiger partial charge is 0.466 e. The Bertz CT molecular complexity index is 637. The quantitative estimate of drug-likeness (QED) is 0.676. The van der Waals surface area contributed by atoms with Gasteiger partial charge in [-0.15, -0.1) is 5.10 Å². The van der Waals surface area contributed by atoms with Gasteiger partial charge < -0.3 is 15.5 Å². The molecule has 0 spiro atoms. The van der Waals surface area contributed by atoms with Crippen molar-refractivity contribution in [3.63, 3.8) is 0 Å². The number of nitrogens with one attached hydrogen (secondary N) is 1. The van der Waals surface area contributed by atoms with Crippen LogP contribution in [0.4, 0.5) is 5.95 Å². The van der Waals surface area contributed by atoms with Crippen LogP contribution in [0.15, 0.2) is 24.3 Å². The first-order valence-corrected chi connectivity index (χ1v) is 4.99. The van der Waals surface area contributed by atoms with Crippen molar-refractivity contribution in [3.05, 3.63) is 24.3 Å². The Morgan fingerprint density at radius 3 is 2.82 bits per heavy atom. The number of nitrogen functional groups attached to an aromatic ring is 1. The minimum atomic E-state index is 0.211. The van der Waals surface area contributed by atoms with Crippen LogP contribution in [-0.2, 0) is 0 Å². The first kappa shape index (κ1) is 9.64. The van der Waals surface area contributed by atoms with Gasteiger partial charge in [0.25, 0.3) is 0 Å². The van der Waals surface area contributed by atoms with E-state index in [-0.39, 0.29) is 12.0 Å². The van der Waals surface area contributed by atoms with E-state index >= 15 is 0 Å². The highest BCUT2D eigenvalue weighted by Crippen LogP contribution is 2.16. The van der Waals surface area contributed by atoms with Gasteiger partial charge >= 0.3 is 6.01 Å². The lowest BCUT2D eigenvalue weighted by atomic mass is 10.3. The number of H-pyrrole nitrogens is 1. The molecule has 7 heteroatoms. The van der Waals surface area contributed by atoms with Crippen molar-refractivity contribution >= 4 is 17.0 Å². The number of rotatable bonds is 2. The van der Waals surface area contributed by atoms with Crippen LogP contribution in [0.25, 0.3) is 17.0 Å². The third-order valence-corrected chi connectivity index (χ3v) is 2.37. The smallest absolute Gasteiger partial charge is 0.337 e. The molecule has 0 aliphatic heterocycles. The molecule has 2 aromatic heterocycles. The molecular weight excluding hydrogens is 220 g/mol. The van der Waals surface area contributed by atoms with E-state index in [0.717, 1.165) is 11.0 Å². The zero-order valence-electron chi connectivity index (χ0n) is 9.08. The summed E-state index contributed by atoms with van der Waals surface area (Å²) >= 11 is 0. The van der Waals surface area contributed by atoms with Crippen molar-refractivity contribution in [1.82, 2.24) is 24.7 Å². The lowest BCUT2D eigenvalue weighted by molar-refractivity contribution is 0.379. The van der Waals surface area contributed by atoms with Crippen LogP contribution >= 0.6 is 0 Å². The Balaban J connectivity index is 2.16. The first-order chi connectivity index (χ1) is 8.28. The summed E-state index contributed by atoms with van der Waals surface area (Å²) in [4.78, 5) is 11.4. The van der Waals surface area contributed by atoms with Crippen LogP contribution in [0, 0.1) is 0 Å². The summed E-state index contributed by atoms with van der Waals surface area (Å²) in [5.41, 5.74) is 7.48. The molecule has 3 aromatic rings. The molecule has 3 rings (SSSR count). The van der Waals surface area contributed by atoms with Crippen LogP contribution in [0.2, 0.25) is 0 Å². The molecule has 0 saturated carbocycles. The molecular formula is C10H10N6O. The van der Waals surface area contributed by atoms with E-state index in [2.05, 4.69) is 20.1 Å². The van der Waals surface area contributed by atoms with E-state index < -0.39 is 0 Å². The number of para-hydroxylation sites is 2. The van der Waals surface area contributed by atoms with Crippen molar-refractivity contribution in [3.8, 4) is 12.0 Å². The molecule has 17 heavy (non-hydrogen) atoms. The van der Waals surface area contributed by atoms with Crippen LogP contribution in [0.1, 0.15) is 0 Å². The maximum Gasteiger partial charge on any atom is 0.337 e. The van der Waals surface area contributed by atoms with Crippen molar-refractivity contribution in [2.24, 2.45) is 0 Å². The van der Waals surface area contributed by atoms with E-state index in [1.165, 1.54) is 11.8 Å². The van der Waals surface area contributed by atoms with Crippen LogP contribution in [-0.4, -0.2) is 31.8 Å². The number of fused-ring (bicyclic) bond motifs is 1. The van der Waals surface area contributed by atoms with E-state index in [4.69, 9.17) is 10.5 Å². The summed E-state index contributed by atoms with van der Waals surface area (Å²) in [6.45, 7) is 0. The topological polar surface area (TPSA) is 94.6 Å². The summed E-state index contributed by atoms with van der Waals surface area (Å²) in [5.74, 6) is 0.736. The van der Waals surface area contributed by atoms with Crippen molar-refractivity contribution in [2.45, 2.75) is 0 Å². The number of methoxy groups -OCH3 is 1. The highest BCUT2D eigenvalue weighted by Gasteiger charge is 2.12. The first-order valence-electron chi connectivity index (χ1n) is 4.99. The minimum Gasteiger partial charge on any atom is -0.466 e. The standard InChI is InChI=1S/C10H10N6O/c1-17-10-14-8(11)16(15-10)9-12-6-4-2-3-5-7(6)13-9/h2-5H,1H3,(H,12,13)(H2,11,14,15). The minimum absolute atomic E-state index is 0.211. The van der Waals surface area contributed by atoms with Gasteiger partial charge in [0.1, 0.15) is 0 Å². The van der Waals surface area contributed by atoms with Gasteiger partial charge in [-0.05, 0) is 12.1 Å². The van der Waals surface area contributed by atoms with Gasteiger partial charge in [-0.3, -0.25) is 0 Å². The molecule has 0 unspecified atom stereocenters. The Hall–Kier alpha value is -2.57. The second-order valence-electron chi connectivity index (χ2n) is 3.45. The highest BCUT2D eigenvalue weighted by atomic mass is 16.5. The maximum atomic E-state index is 5.72.